The van der Waals surface area contributed by atoms with Crippen LogP contribution in [0.3, 0.4) is 0 Å². The summed E-state index contributed by atoms with van der Waals surface area (Å²) in [6.45, 7) is 2.05. The first kappa shape index (κ1) is 13.9. The molecule has 0 radical (unpaired) electrons. The highest BCUT2D eigenvalue weighted by Gasteiger charge is 2.17. The zero-order chi connectivity index (χ0) is 15.8. The molecule has 0 bridgehead atoms. The first-order chi connectivity index (χ1) is 11.2. The van der Waals surface area contributed by atoms with Crippen molar-refractivity contribution in [2.24, 2.45) is 0 Å². The van der Waals surface area contributed by atoms with E-state index < -0.39 is 0 Å². The normalized spacial score (nSPS) is 12.7. The molecular weight excluding hydrogens is 286 g/mol. The first-order valence-electron chi connectivity index (χ1n) is 7.82. The highest BCUT2D eigenvalue weighted by atomic mass is 16.1. The third-order valence-corrected chi connectivity index (χ3v) is 4.22. The van der Waals surface area contributed by atoms with Gasteiger partial charge in [-0.25, -0.2) is 4.98 Å². The van der Waals surface area contributed by atoms with Gasteiger partial charge in [-0.05, 0) is 43.0 Å². The highest BCUT2D eigenvalue weighted by molar-refractivity contribution is 5.98. The Kier molecular flexibility index (Phi) is 3.30. The molecule has 0 atom stereocenters. The molecule has 4 rings (SSSR count). The van der Waals surface area contributed by atoms with E-state index >= 15 is 0 Å². The summed E-state index contributed by atoms with van der Waals surface area (Å²) in [4.78, 5) is 21.4. The summed E-state index contributed by atoms with van der Waals surface area (Å²) in [6.07, 6.45) is 11.8. The van der Waals surface area contributed by atoms with Crippen molar-refractivity contribution < 1.29 is 4.79 Å². The van der Waals surface area contributed by atoms with E-state index in [2.05, 4.69) is 23.0 Å². The maximum Gasteiger partial charge on any atom is 0.182 e. The van der Waals surface area contributed by atoms with Crippen molar-refractivity contribution in [3.8, 4) is 0 Å². The number of hydrogen-bond acceptors (Lipinski definition) is 3. The Bertz CT molecular complexity index is 937. The van der Waals surface area contributed by atoms with Crippen LogP contribution < -0.4 is 0 Å². The lowest BCUT2D eigenvalue weighted by molar-refractivity contribution is 0.0977. The Balaban J connectivity index is 1.53. The molecule has 0 aliphatic heterocycles. The van der Waals surface area contributed by atoms with Crippen molar-refractivity contribution in [2.75, 3.05) is 0 Å². The molecule has 0 fully saturated rings. The Morgan fingerprint density at radius 2 is 2.17 bits per heavy atom. The van der Waals surface area contributed by atoms with Crippen molar-refractivity contribution >= 4 is 17.5 Å². The average molecular weight is 303 g/mol. The van der Waals surface area contributed by atoms with Gasteiger partial charge < -0.3 is 4.40 Å². The number of pyridine rings is 2. The molecule has 4 nitrogen and oxygen atoms in total. The molecule has 23 heavy (non-hydrogen) atoms. The second kappa shape index (κ2) is 5.47. The Hall–Kier alpha value is -2.75. The van der Waals surface area contributed by atoms with Gasteiger partial charge in [-0.2, -0.15) is 0 Å². The minimum absolute atomic E-state index is 0.0848. The summed E-state index contributed by atoms with van der Waals surface area (Å²) in [6, 6.07) is 6.02. The number of carbonyl (C=O) groups is 1. The number of carbonyl (C=O) groups excluding carboxylic acids is 1. The standard InChI is InChI=1S/C19H17N3O/c1-13-5-8-18-21-15(12-22(18)11-13)6-7-17(23)19-16-4-2-3-14(16)9-10-20-19/h2,4-5,8-12H,3,6-7H2,1H3. The third-order valence-electron chi connectivity index (χ3n) is 4.22. The smallest absolute Gasteiger partial charge is 0.182 e. The number of fused-ring (bicyclic) bond motifs is 2. The van der Waals surface area contributed by atoms with Crippen molar-refractivity contribution in [3.05, 3.63) is 70.9 Å². The molecule has 1 aliphatic rings. The molecule has 1 aliphatic carbocycles. The number of ketones is 1. The third kappa shape index (κ3) is 2.57. The molecular formula is C19H17N3O. The lowest BCUT2D eigenvalue weighted by atomic mass is 10.0. The van der Waals surface area contributed by atoms with Crippen LogP contribution in [0.1, 0.15) is 39.3 Å². The zero-order valence-corrected chi connectivity index (χ0v) is 13.0. The molecule has 0 N–H and O–H groups in total. The minimum Gasteiger partial charge on any atom is -0.307 e. The van der Waals surface area contributed by atoms with Gasteiger partial charge in [-0.15, -0.1) is 0 Å². The van der Waals surface area contributed by atoms with Crippen LogP contribution in [0.2, 0.25) is 0 Å². The maximum absolute atomic E-state index is 12.5. The fourth-order valence-corrected chi connectivity index (χ4v) is 3.04. The molecule has 3 aromatic rings. The summed E-state index contributed by atoms with van der Waals surface area (Å²) < 4.78 is 2.01. The van der Waals surface area contributed by atoms with Crippen LogP contribution in [-0.2, 0) is 12.8 Å². The lowest BCUT2D eigenvalue weighted by Crippen LogP contribution is -2.07. The molecule has 114 valence electrons. The van der Waals surface area contributed by atoms with E-state index in [1.807, 2.05) is 41.1 Å². The van der Waals surface area contributed by atoms with Crippen LogP contribution in [0, 0.1) is 6.92 Å². The largest absolute Gasteiger partial charge is 0.307 e. The van der Waals surface area contributed by atoms with Crippen LogP contribution in [0.5, 0.6) is 0 Å². The number of rotatable bonds is 4. The van der Waals surface area contributed by atoms with Crippen LogP contribution in [0.25, 0.3) is 11.7 Å². The number of allylic oxidation sites excluding steroid dienone is 1. The fraction of sp³-hybridized carbons (Fsp3) is 0.211. The number of hydrogen-bond donors (Lipinski definition) is 0. The summed E-state index contributed by atoms with van der Waals surface area (Å²) >= 11 is 0. The summed E-state index contributed by atoms with van der Waals surface area (Å²) in [5, 5.41) is 0. The van der Waals surface area contributed by atoms with Crippen LogP contribution in [0.4, 0.5) is 0 Å². The van der Waals surface area contributed by atoms with Gasteiger partial charge in [-0.3, -0.25) is 9.78 Å². The summed E-state index contributed by atoms with van der Waals surface area (Å²) in [7, 11) is 0. The molecule has 0 saturated heterocycles. The van der Waals surface area contributed by atoms with Crippen molar-refractivity contribution in [3.63, 3.8) is 0 Å². The van der Waals surface area contributed by atoms with Gasteiger partial charge >= 0.3 is 0 Å². The van der Waals surface area contributed by atoms with Crippen LogP contribution in [0.15, 0.2) is 42.9 Å². The molecule has 3 aromatic heterocycles. The molecule has 0 spiro atoms. The summed E-state index contributed by atoms with van der Waals surface area (Å²) in [5.74, 6) is 0.0848. The van der Waals surface area contributed by atoms with Gasteiger partial charge in [-0.1, -0.05) is 18.2 Å². The topological polar surface area (TPSA) is 47.3 Å². The second-order valence-corrected chi connectivity index (χ2v) is 5.97. The quantitative estimate of drug-likeness (QED) is 0.694. The van der Waals surface area contributed by atoms with E-state index in [-0.39, 0.29) is 5.78 Å². The SMILES string of the molecule is Cc1ccc2nc(CCC(=O)c3nccc4c3C=CC4)cn2c1. The minimum atomic E-state index is 0.0848. The zero-order valence-electron chi connectivity index (χ0n) is 13.0. The van der Waals surface area contributed by atoms with Crippen LogP contribution in [-0.4, -0.2) is 20.2 Å². The Morgan fingerprint density at radius 1 is 1.26 bits per heavy atom. The molecule has 3 heterocycles. The number of Topliss-reactive ketones (excluding diaryl/α,β-unsaturated/α-hetero) is 1. The van der Waals surface area contributed by atoms with Gasteiger partial charge in [0.15, 0.2) is 5.78 Å². The second-order valence-electron chi connectivity index (χ2n) is 5.97. The van der Waals surface area contributed by atoms with Crippen molar-refractivity contribution in [1.82, 2.24) is 14.4 Å². The molecule has 4 heteroatoms. The van der Waals surface area contributed by atoms with E-state index in [0.29, 0.717) is 18.5 Å². The van der Waals surface area contributed by atoms with Crippen molar-refractivity contribution in [2.45, 2.75) is 26.2 Å². The van der Waals surface area contributed by atoms with E-state index in [0.717, 1.165) is 23.3 Å². The predicted octanol–water partition coefficient (Wildman–Crippen LogP) is 3.42. The first-order valence-corrected chi connectivity index (χ1v) is 7.82. The van der Waals surface area contributed by atoms with Gasteiger partial charge in [0.05, 0.1) is 5.69 Å². The van der Waals surface area contributed by atoms with Crippen molar-refractivity contribution in [1.29, 1.82) is 0 Å². The average Bonchev–Trinajstić information content (AvgIpc) is 3.17. The monoisotopic (exact) mass is 303 g/mol. The summed E-state index contributed by atoms with van der Waals surface area (Å²) in [5.41, 5.74) is 5.81. The van der Waals surface area contributed by atoms with Gasteiger partial charge in [0, 0.05) is 30.6 Å². The van der Waals surface area contributed by atoms with E-state index in [1.54, 1.807) is 6.20 Å². The number of nitrogens with zero attached hydrogens (tertiary/aromatic N) is 3. The Morgan fingerprint density at radius 3 is 3.09 bits per heavy atom. The number of aromatic nitrogens is 3. The highest BCUT2D eigenvalue weighted by Crippen LogP contribution is 2.22. The molecule has 0 aromatic carbocycles. The van der Waals surface area contributed by atoms with Crippen LogP contribution >= 0.6 is 0 Å². The Labute approximate surface area is 134 Å². The van der Waals surface area contributed by atoms with E-state index in [1.165, 1.54) is 11.1 Å². The van der Waals surface area contributed by atoms with Gasteiger partial charge in [0.25, 0.3) is 0 Å². The predicted molar refractivity (Wildman–Crippen MR) is 89.6 cm³/mol. The lowest BCUT2D eigenvalue weighted by Gasteiger charge is -2.05. The van der Waals surface area contributed by atoms with Gasteiger partial charge in [0.2, 0.25) is 0 Å². The molecule has 0 saturated carbocycles. The fourth-order valence-electron chi connectivity index (χ4n) is 3.04. The van der Waals surface area contributed by atoms with Gasteiger partial charge in [0.1, 0.15) is 11.3 Å². The molecule has 0 unspecified atom stereocenters. The number of imidazole rings is 1. The number of aryl methyl sites for hydroxylation is 2. The van der Waals surface area contributed by atoms with E-state index in [4.69, 9.17) is 0 Å². The maximum atomic E-state index is 12.5. The van der Waals surface area contributed by atoms with E-state index in [9.17, 15) is 4.79 Å². The molecule has 0 amide bonds.